The first-order valence-corrected chi connectivity index (χ1v) is 15.7. The highest BCUT2D eigenvalue weighted by molar-refractivity contribution is 5.83. The molecule has 0 saturated carbocycles. The van der Waals surface area contributed by atoms with E-state index in [2.05, 4.69) is 72.9 Å². The molecule has 0 rings (SSSR count). The van der Waals surface area contributed by atoms with Crippen molar-refractivity contribution in [2.45, 2.75) is 47.4 Å². The van der Waals surface area contributed by atoms with Gasteiger partial charge in [-0.05, 0) is 0 Å². The van der Waals surface area contributed by atoms with E-state index >= 15 is 70.2 Å². The van der Waals surface area contributed by atoms with Gasteiger partial charge < -0.3 is 28.6 Å². The average molecular weight is 935 g/mol. The summed E-state index contributed by atoms with van der Waals surface area (Å²) in [5.41, 5.74) is -8.06. The molecule has 350 valence electrons. The van der Waals surface area contributed by atoms with Crippen molar-refractivity contribution in [3.8, 4) is 0 Å². The zero-order chi connectivity index (χ0) is 49.0. The van der Waals surface area contributed by atoms with E-state index in [0.717, 1.165) is 0 Å². The van der Waals surface area contributed by atoms with Crippen molar-refractivity contribution in [3.05, 3.63) is 81.8 Å². The lowest BCUT2D eigenvalue weighted by Crippen LogP contribution is -2.78. The molecule has 28 heteroatoms. The first-order valence-electron chi connectivity index (χ1n) is 15.7. The summed E-state index contributed by atoms with van der Waals surface area (Å²) in [6.45, 7) is 0.742. The Balaban J connectivity index is 8.15. The topological polar surface area (TPSA) is 150 Å². The number of halogens is 16. The summed E-state index contributed by atoms with van der Waals surface area (Å²) in [6.07, 6.45) is 0.272. The molecule has 0 fully saturated rings. The van der Waals surface area contributed by atoms with Crippen molar-refractivity contribution in [2.24, 2.45) is 10.8 Å². The highest BCUT2D eigenvalue weighted by Crippen LogP contribution is 2.67. The zero-order valence-corrected chi connectivity index (χ0v) is 30.9. The highest BCUT2D eigenvalue weighted by Gasteiger charge is 2.97. The lowest BCUT2D eigenvalue weighted by molar-refractivity contribution is -0.467. The van der Waals surface area contributed by atoms with E-state index in [4.69, 9.17) is 0 Å². The first kappa shape index (κ1) is 56.2. The van der Waals surface area contributed by atoms with Gasteiger partial charge in [-0.2, -0.15) is 75.1 Å². The van der Waals surface area contributed by atoms with Crippen molar-refractivity contribution in [3.63, 3.8) is 0 Å². The number of alkyl halides is 16. The predicted octanol–water partition coefficient (Wildman–Crippen LogP) is 6.93. The molecule has 0 saturated heterocycles. The van der Waals surface area contributed by atoms with Crippen LogP contribution in [0.3, 0.4) is 0 Å². The fourth-order valence-corrected chi connectivity index (χ4v) is 4.20. The standard InChI is InChI=1S/C34H30F16O12/c1-7-13-61-62-19-26(17-59-23(54)11-5,18-60-24(55)12-6)28(37,38)30(41,42)32(45,46)34(49,50)33(47,48)31(43,44)29(39,40)27(35,36)25(14-56-20(51)8-2,15-57-21(52)9-3)16-58-22(53)10-4/h8-13H,1-6,14-19H2. The normalized spacial score (nSPS) is 13.3. The van der Waals surface area contributed by atoms with Gasteiger partial charge in [-0.25, -0.2) is 24.0 Å². The Bertz CT molecular complexity index is 1690. The van der Waals surface area contributed by atoms with Gasteiger partial charge in [-0.3, -0.25) is 0 Å². The van der Waals surface area contributed by atoms with Gasteiger partial charge in [0.2, 0.25) is 0 Å². The van der Waals surface area contributed by atoms with E-state index in [-0.39, 0.29) is 36.6 Å². The maximum absolute atomic E-state index is 16.0. The van der Waals surface area contributed by atoms with Crippen molar-refractivity contribution in [1.29, 1.82) is 0 Å². The molecule has 0 radical (unpaired) electrons. The monoisotopic (exact) mass is 934 g/mol. The third-order valence-electron chi connectivity index (χ3n) is 7.91. The van der Waals surface area contributed by atoms with E-state index in [1.54, 1.807) is 5.73 Å². The van der Waals surface area contributed by atoms with Gasteiger partial charge in [-0.15, -0.1) is 0 Å². The number of hydrogen-bond donors (Lipinski definition) is 0. The predicted molar refractivity (Wildman–Crippen MR) is 171 cm³/mol. The van der Waals surface area contributed by atoms with Gasteiger partial charge in [0.05, 0.1) is 0 Å². The van der Waals surface area contributed by atoms with Gasteiger partial charge in [0.15, 0.2) is 6.26 Å². The molecular formula is C34H30F16O12. The van der Waals surface area contributed by atoms with Crippen molar-refractivity contribution < 1.29 is 128 Å². The third kappa shape index (κ3) is 10.3. The number of esters is 5. The van der Waals surface area contributed by atoms with E-state index in [1.807, 2.05) is 0 Å². The quantitative estimate of drug-likeness (QED) is 0.00922. The van der Waals surface area contributed by atoms with Crippen LogP contribution >= 0.6 is 0 Å². The summed E-state index contributed by atoms with van der Waals surface area (Å²) >= 11 is 0. The van der Waals surface area contributed by atoms with Crippen molar-refractivity contribution in [1.82, 2.24) is 0 Å². The molecule has 0 aliphatic heterocycles. The Labute approximate surface area is 337 Å². The van der Waals surface area contributed by atoms with Crippen LogP contribution in [0.25, 0.3) is 0 Å². The van der Waals surface area contributed by atoms with Crippen LogP contribution in [0.1, 0.15) is 0 Å². The fraction of sp³-hybridized carbons (Fsp3) is 0.471. The maximum atomic E-state index is 16.0. The second-order valence-electron chi connectivity index (χ2n) is 11.9. The molecule has 0 N–H and O–H groups in total. The molecule has 0 aromatic carbocycles. The van der Waals surface area contributed by atoms with E-state index in [9.17, 15) is 24.0 Å². The number of hydrogen-bond acceptors (Lipinski definition) is 12. The number of carbonyl (C=O) groups excluding carboxylic acids is 5. The third-order valence-corrected chi connectivity index (χ3v) is 7.91. The molecule has 0 heterocycles. The van der Waals surface area contributed by atoms with Crippen LogP contribution in [0.2, 0.25) is 0 Å². The summed E-state index contributed by atoms with van der Waals surface area (Å²) in [7, 11) is 0. The second kappa shape index (κ2) is 20.4. The number of carbonyl (C=O) groups is 5. The largest absolute Gasteiger partial charge is 0.461 e. The lowest BCUT2D eigenvalue weighted by atomic mass is 9.74. The van der Waals surface area contributed by atoms with Crippen LogP contribution in [0.15, 0.2) is 81.8 Å². The Kier molecular flexibility index (Phi) is 18.5. The summed E-state index contributed by atoms with van der Waals surface area (Å²) in [4.78, 5) is 66.2. The molecule has 0 amide bonds. The average Bonchev–Trinajstić information content (AvgIpc) is 3.21. The van der Waals surface area contributed by atoms with E-state index in [1.165, 1.54) is 0 Å². The van der Waals surface area contributed by atoms with Crippen LogP contribution in [0.4, 0.5) is 70.2 Å². The fourth-order valence-electron chi connectivity index (χ4n) is 4.20. The second-order valence-corrected chi connectivity index (χ2v) is 11.9. The summed E-state index contributed by atoms with van der Waals surface area (Å²) in [6, 6.07) is 0. The molecule has 62 heavy (non-hydrogen) atoms. The Morgan fingerprint density at radius 1 is 0.371 bits per heavy atom. The van der Waals surface area contributed by atoms with Gasteiger partial charge in [-0.1, -0.05) is 45.2 Å². The van der Waals surface area contributed by atoms with Crippen LogP contribution in [0, 0.1) is 10.8 Å². The van der Waals surface area contributed by atoms with Gasteiger partial charge in [0.1, 0.15) is 50.5 Å². The molecule has 0 atom stereocenters. The van der Waals surface area contributed by atoms with E-state index < -0.39 is 128 Å². The molecular weight excluding hydrogens is 904 g/mol. The van der Waals surface area contributed by atoms with Gasteiger partial charge >= 0.3 is 77.2 Å². The maximum Gasteiger partial charge on any atom is 0.384 e. The lowest BCUT2D eigenvalue weighted by Gasteiger charge is -2.48. The smallest absolute Gasteiger partial charge is 0.384 e. The van der Waals surface area contributed by atoms with Gasteiger partial charge in [0.25, 0.3) is 0 Å². The Morgan fingerprint density at radius 2 is 0.565 bits per heavy atom. The van der Waals surface area contributed by atoms with Crippen LogP contribution < -0.4 is 0 Å². The Hall–Kier alpha value is -5.79. The molecule has 12 nitrogen and oxygen atoms in total. The van der Waals surface area contributed by atoms with Gasteiger partial charge in [0, 0.05) is 30.4 Å². The summed E-state index contributed by atoms with van der Waals surface area (Å²) < 4.78 is 268. The van der Waals surface area contributed by atoms with Crippen LogP contribution in [-0.4, -0.2) is 117 Å². The number of ether oxygens (including phenoxy) is 5. The van der Waals surface area contributed by atoms with Crippen molar-refractivity contribution >= 4 is 29.8 Å². The highest BCUT2D eigenvalue weighted by atomic mass is 19.4. The van der Waals surface area contributed by atoms with Crippen molar-refractivity contribution in [2.75, 3.05) is 39.6 Å². The molecule has 0 bridgehead atoms. The summed E-state index contributed by atoms with van der Waals surface area (Å²) in [5, 5.41) is 0. The molecule has 0 aromatic rings. The molecule has 0 aromatic heterocycles. The van der Waals surface area contributed by atoms with Crippen LogP contribution in [0.5, 0.6) is 0 Å². The molecule has 0 aliphatic carbocycles. The first-order chi connectivity index (χ1) is 28.1. The zero-order valence-electron chi connectivity index (χ0n) is 30.9. The minimum absolute atomic E-state index is 0.0208. The van der Waals surface area contributed by atoms with E-state index in [0.29, 0.717) is 0 Å². The molecule has 0 unspecified atom stereocenters. The molecule has 0 aliphatic rings. The SMILES string of the molecule is C=C=COOCC(COC(=O)C=C)(COC(=O)C=C)C(F)(F)C(F)(F)C(F)(F)C(F)(F)C(F)(F)C(F)(F)C(F)(F)C(F)(F)C(COC(=O)C=C)(COC(=O)C=C)COC(=O)C=C. The minimum Gasteiger partial charge on any atom is -0.461 e. The van der Waals surface area contributed by atoms with Crippen LogP contribution in [-0.2, 0) is 57.4 Å². The molecule has 0 spiro atoms. The minimum atomic E-state index is -9.09. The Morgan fingerprint density at radius 3 is 0.758 bits per heavy atom. The number of rotatable bonds is 28. The summed E-state index contributed by atoms with van der Waals surface area (Å²) in [5.74, 6) is -77.5.